The Morgan fingerprint density at radius 1 is 0.407 bits per heavy atom. The molecule has 0 bridgehead atoms. The number of hydrogen-bond donors (Lipinski definition) is 6. The van der Waals surface area contributed by atoms with Crippen molar-refractivity contribution in [1.82, 2.24) is 5.32 Å². The van der Waals surface area contributed by atoms with Gasteiger partial charge in [0, 0.05) is 6.42 Å². The fourth-order valence-electron chi connectivity index (χ4n) is 10.2. The first-order valence-electron chi connectivity index (χ1n) is 35.1. The molecule has 0 radical (unpaired) electrons. The van der Waals surface area contributed by atoms with Gasteiger partial charge in [-0.1, -0.05) is 301 Å². The predicted octanol–water partition coefficient (Wildman–Crippen LogP) is 19.4. The van der Waals surface area contributed by atoms with Gasteiger partial charge in [-0.3, -0.25) is 4.79 Å². The van der Waals surface area contributed by atoms with Gasteiger partial charge in [-0.05, 0) is 116 Å². The summed E-state index contributed by atoms with van der Waals surface area (Å²) in [6.45, 7) is 3.65. The van der Waals surface area contributed by atoms with Crippen molar-refractivity contribution in [2.75, 3.05) is 13.2 Å². The van der Waals surface area contributed by atoms with E-state index in [0.29, 0.717) is 6.42 Å². The second kappa shape index (κ2) is 64.1. The van der Waals surface area contributed by atoms with Gasteiger partial charge in [0.1, 0.15) is 24.4 Å². The van der Waals surface area contributed by atoms with Crippen molar-refractivity contribution in [2.24, 2.45) is 0 Å². The zero-order valence-electron chi connectivity index (χ0n) is 54.8. The van der Waals surface area contributed by atoms with Gasteiger partial charge in [-0.2, -0.15) is 0 Å². The molecule has 1 amide bonds. The van der Waals surface area contributed by atoms with Crippen LogP contribution in [0.1, 0.15) is 277 Å². The monoisotopic (exact) mass is 1200 g/mol. The van der Waals surface area contributed by atoms with E-state index >= 15 is 0 Å². The quantitative estimate of drug-likeness (QED) is 0.0261. The van der Waals surface area contributed by atoms with Crippen molar-refractivity contribution in [3.8, 4) is 0 Å². The fourth-order valence-corrected chi connectivity index (χ4v) is 10.2. The molecule has 9 nitrogen and oxygen atoms in total. The average molecular weight is 1200 g/mol. The molecular weight excluding hydrogens is 1070 g/mol. The van der Waals surface area contributed by atoms with Crippen molar-refractivity contribution < 1.29 is 39.8 Å². The Hall–Kier alpha value is -3.93. The van der Waals surface area contributed by atoms with Crippen molar-refractivity contribution in [3.63, 3.8) is 0 Å². The van der Waals surface area contributed by atoms with E-state index in [0.717, 1.165) is 122 Å². The minimum absolute atomic E-state index is 0.198. The van der Waals surface area contributed by atoms with E-state index in [4.69, 9.17) is 9.47 Å². The Kier molecular flexibility index (Phi) is 59.7. The highest BCUT2D eigenvalue weighted by Gasteiger charge is 2.44. The van der Waals surface area contributed by atoms with Crippen molar-refractivity contribution in [1.29, 1.82) is 0 Å². The van der Waals surface area contributed by atoms with Gasteiger partial charge in [0.05, 0.1) is 25.4 Å². The minimum atomic E-state index is -1.58. The van der Waals surface area contributed by atoms with E-state index in [2.05, 4.69) is 153 Å². The number of ether oxygens (including phenoxy) is 2. The third-order valence-electron chi connectivity index (χ3n) is 15.6. The summed E-state index contributed by atoms with van der Waals surface area (Å²) in [4.78, 5) is 13.1. The Labute approximate surface area is 527 Å². The van der Waals surface area contributed by atoms with Crippen LogP contribution < -0.4 is 5.32 Å². The van der Waals surface area contributed by atoms with Gasteiger partial charge < -0.3 is 40.3 Å². The molecule has 9 heteroatoms. The molecule has 7 unspecified atom stereocenters. The number of hydrogen-bond acceptors (Lipinski definition) is 8. The SMILES string of the molecule is CC/C=C\C/C=C\C/C=C\C/C=C\C/C=C\C/C=C\C/C=C\C/C=C\C/C=C\CCCCCCCCCCCCCC(=O)NC(COC1OC(CO)C(O)C(O)C1O)C(O)/C=C/CC/C=C/CC/C=C/CCCCCCCCCCCCCCCC. The minimum Gasteiger partial charge on any atom is -0.394 e. The lowest BCUT2D eigenvalue weighted by molar-refractivity contribution is -0.302. The second-order valence-corrected chi connectivity index (χ2v) is 23.6. The molecule has 0 aromatic rings. The number of carbonyl (C=O) groups is 1. The first-order valence-corrected chi connectivity index (χ1v) is 35.1. The van der Waals surface area contributed by atoms with Gasteiger partial charge >= 0.3 is 0 Å². The summed E-state index contributed by atoms with van der Waals surface area (Å²) < 4.78 is 11.3. The highest BCUT2D eigenvalue weighted by Crippen LogP contribution is 2.23. The standard InChI is InChI=1S/C77H129NO8/c1-3-5-7-9-11-13-15-17-19-21-23-25-27-29-30-31-32-33-34-35-36-37-38-39-40-41-42-43-45-47-49-51-53-55-57-59-61-63-65-67-73(81)78-70(69-85-77-76(84)75(83)74(82)72(68-79)86-77)71(80)66-64-62-60-58-56-54-52-50-48-46-44-28-26-24-22-20-18-16-14-12-10-8-6-4-2/h5,7,11,13,17,19,23,25,29-30,32-33,35-36,38-39,41-42,48,50,56,58,64,66,70-72,74-77,79-80,82-84H,3-4,6,8-10,12,14-16,18,20-22,24,26-28,31,34,37,40,43-47,49,51-55,57,59-63,65,67-69H2,1-2H3,(H,78,81)/b7-5-,13-11-,19-17-,25-23-,30-29-,33-32-,36-35-,39-38-,42-41-,50-48+,58-56+,66-64+. The third kappa shape index (κ3) is 52.1. The molecule has 86 heavy (non-hydrogen) atoms. The summed E-state index contributed by atoms with van der Waals surface area (Å²) in [7, 11) is 0. The zero-order valence-corrected chi connectivity index (χ0v) is 54.8. The van der Waals surface area contributed by atoms with Gasteiger partial charge in [0.2, 0.25) is 5.91 Å². The van der Waals surface area contributed by atoms with Crippen LogP contribution in [0.5, 0.6) is 0 Å². The number of rotatable bonds is 59. The summed E-state index contributed by atoms with van der Waals surface area (Å²) in [5.74, 6) is -0.198. The molecule has 490 valence electrons. The second-order valence-electron chi connectivity index (χ2n) is 23.6. The summed E-state index contributed by atoms with van der Waals surface area (Å²) in [6, 6.07) is -0.841. The molecule has 1 saturated heterocycles. The normalized spacial score (nSPS) is 19.0. The number of allylic oxidation sites excluding steroid dienone is 23. The van der Waals surface area contributed by atoms with Crippen molar-refractivity contribution in [3.05, 3.63) is 146 Å². The average Bonchev–Trinajstić information content (AvgIpc) is 3.55. The van der Waals surface area contributed by atoms with Crippen LogP contribution in [0, 0.1) is 0 Å². The van der Waals surface area contributed by atoms with Crippen LogP contribution in [0.25, 0.3) is 0 Å². The smallest absolute Gasteiger partial charge is 0.220 e. The summed E-state index contributed by atoms with van der Waals surface area (Å²) in [5.41, 5.74) is 0. The van der Waals surface area contributed by atoms with Gasteiger partial charge in [0.15, 0.2) is 6.29 Å². The van der Waals surface area contributed by atoms with Crippen molar-refractivity contribution in [2.45, 2.75) is 320 Å². The number of aliphatic hydroxyl groups is 5. The predicted molar refractivity (Wildman–Crippen MR) is 368 cm³/mol. The largest absolute Gasteiger partial charge is 0.394 e. The Bertz CT molecular complexity index is 1870. The first kappa shape index (κ1) is 80.1. The number of aliphatic hydroxyl groups excluding tert-OH is 5. The highest BCUT2D eigenvalue weighted by molar-refractivity contribution is 5.76. The number of carbonyl (C=O) groups excluding carboxylic acids is 1. The fraction of sp³-hybridized carbons (Fsp3) is 0.675. The molecule has 1 heterocycles. The van der Waals surface area contributed by atoms with E-state index in [9.17, 15) is 30.3 Å². The molecule has 7 atom stereocenters. The Morgan fingerprint density at radius 3 is 1.12 bits per heavy atom. The highest BCUT2D eigenvalue weighted by atomic mass is 16.7. The number of nitrogens with one attached hydrogen (secondary N) is 1. The lowest BCUT2D eigenvalue weighted by Gasteiger charge is -2.40. The summed E-state index contributed by atoms with van der Waals surface area (Å²) in [6.07, 6.45) is 92.3. The van der Waals surface area contributed by atoms with Crippen LogP contribution in [0.4, 0.5) is 0 Å². The molecule has 1 rings (SSSR count). The molecule has 0 aliphatic carbocycles. The van der Waals surface area contributed by atoms with Crippen LogP contribution in [0.2, 0.25) is 0 Å². The molecule has 1 aliphatic rings. The van der Waals surface area contributed by atoms with E-state index < -0.39 is 49.5 Å². The third-order valence-corrected chi connectivity index (χ3v) is 15.6. The van der Waals surface area contributed by atoms with Gasteiger partial charge in [-0.25, -0.2) is 0 Å². The maximum absolute atomic E-state index is 13.1. The topological polar surface area (TPSA) is 149 Å². The van der Waals surface area contributed by atoms with Crippen LogP contribution in [0.15, 0.2) is 146 Å². The maximum Gasteiger partial charge on any atom is 0.220 e. The van der Waals surface area contributed by atoms with Crippen LogP contribution in [-0.2, 0) is 14.3 Å². The number of amides is 1. The van der Waals surface area contributed by atoms with E-state index in [1.165, 1.54) is 135 Å². The van der Waals surface area contributed by atoms with E-state index in [-0.39, 0.29) is 12.5 Å². The Morgan fingerprint density at radius 2 is 0.733 bits per heavy atom. The molecule has 6 N–H and O–H groups in total. The maximum atomic E-state index is 13.1. The summed E-state index contributed by atoms with van der Waals surface area (Å²) >= 11 is 0. The zero-order chi connectivity index (χ0) is 62.1. The molecule has 1 fully saturated rings. The lowest BCUT2D eigenvalue weighted by Crippen LogP contribution is -2.60. The Balaban J connectivity index is 2.18. The number of unbranched alkanes of at least 4 members (excludes halogenated alkanes) is 27. The van der Waals surface area contributed by atoms with Crippen LogP contribution in [-0.4, -0.2) is 87.5 Å². The first-order chi connectivity index (χ1) is 42.3. The summed E-state index contributed by atoms with van der Waals surface area (Å²) in [5, 5.41) is 54.7. The van der Waals surface area contributed by atoms with Crippen molar-refractivity contribution >= 4 is 5.91 Å². The molecular formula is C77H129NO8. The van der Waals surface area contributed by atoms with E-state index in [1.54, 1.807) is 6.08 Å². The van der Waals surface area contributed by atoms with Crippen LogP contribution in [0.3, 0.4) is 0 Å². The van der Waals surface area contributed by atoms with Crippen LogP contribution >= 0.6 is 0 Å². The van der Waals surface area contributed by atoms with Gasteiger partial charge in [0.25, 0.3) is 0 Å². The van der Waals surface area contributed by atoms with Gasteiger partial charge in [-0.15, -0.1) is 0 Å². The molecule has 1 aliphatic heterocycles. The molecule has 0 aromatic carbocycles. The van der Waals surface area contributed by atoms with E-state index in [1.807, 2.05) is 6.08 Å². The lowest BCUT2D eigenvalue weighted by atomic mass is 9.99. The molecule has 0 saturated carbocycles. The molecule has 0 aromatic heterocycles. The molecule has 0 spiro atoms.